The molecule has 4 N–H and O–H groups in total. The number of aryl methyl sites for hydroxylation is 2. The van der Waals surface area contributed by atoms with Crippen LogP contribution in [0.1, 0.15) is 30.4 Å². The van der Waals surface area contributed by atoms with E-state index in [1.807, 2.05) is 30.3 Å². The first-order valence-electron chi connectivity index (χ1n) is 14.7. The highest BCUT2D eigenvalue weighted by Gasteiger charge is 2.38. The van der Waals surface area contributed by atoms with Gasteiger partial charge in [-0.05, 0) is 85.2 Å². The van der Waals surface area contributed by atoms with E-state index >= 15 is 0 Å². The summed E-state index contributed by atoms with van der Waals surface area (Å²) in [6.07, 6.45) is 0.825. The van der Waals surface area contributed by atoms with Gasteiger partial charge < -0.3 is 25.5 Å². The Morgan fingerprint density at radius 3 is 2.46 bits per heavy atom. The van der Waals surface area contributed by atoms with Crippen molar-refractivity contribution in [3.05, 3.63) is 83.2 Å². The van der Waals surface area contributed by atoms with Crippen LogP contribution in [0, 0.1) is 5.92 Å². The van der Waals surface area contributed by atoms with E-state index in [-0.39, 0.29) is 16.9 Å². The van der Waals surface area contributed by atoms with Crippen LogP contribution in [0.2, 0.25) is 5.02 Å². The molecule has 254 valence electrons. The summed E-state index contributed by atoms with van der Waals surface area (Å²) in [6.45, 7) is 0.710. The molecule has 0 aliphatic carbocycles. The van der Waals surface area contributed by atoms with Crippen LogP contribution in [-0.4, -0.2) is 58.9 Å². The minimum Gasteiger partial charge on any atom is -0.475 e. The van der Waals surface area contributed by atoms with Gasteiger partial charge in [-0.3, -0.25) is 4.79 Å². The van der Waals surface area contributed by atoms with Crippen molar-refractivity contribution < 1.29 is 40.7 Å². The van der Waals surface area contributed by atoms with Crippen molar-refractivity contribution in [2.75, 3.05) is 29.0 Å². The van der Waals surface area contributed by atoms with E-state index < -0.39 is 22.2 Å². The molecule has 0 spiro atoms. The molecule has 12 nitrogen and oxygen atoms in total. The van der Waals surface area contributed by atoms with Crippen molar-refractivity contribution >= 4 is 62.3 Å². The maximum atomic E-state index is 13.1. The minimum absolute atomic E-state index is 0.0498. The van der Waals surface area contributed by atoms with E-state index in [4.69, 9.17) is 25.9 Å². The van der Waals surface area contributed by atoms with E-state index in [0.29, 0.717) is 55.6 Å². The second-order valence-electron chi connectivity index (χ2n) is 11.0. The number of hydrogen-bond donors (Lipinski definition) is 4. The molecule has 6 bridgehead atoms. The van der Waals surface area contributed by atoms with Crippen LogP contribution < -0.4 is 16.0 Å². The molecule has 2 aromatic heterocycles. The van der Waals surface area contributed by atoms with Crippen LogP contribution in [-0.2, 0) is 32.5 Å². The number of carbonyl (C=O) groups excluding carboxylic acids is 1. The van der Waals surface area contributed by atoms with Gasteiger partial charge in [0.05, 0.1) is 12.5 Å². The lowest BCUT2D eigenvalue weighted by Crippen LogP contribution is -2.39. The number of nitrogens with one attached hydrogen (secondary N) is 3. The SMILES string of the molecule is O=C(CC1CCN(S(=O)(=O)c2ccco2)CC1)Nc1ccc2cc1CCc1cccc(c1)Nc1ncc(Cl)c(n1)N2.O=C(O)C(F)(F)F. The molecule has 2 aliphatic rings. The number of halogens is 4. The number of aliphatic carboxylic acids is 1. The summed E-state index contributed by atoms with van der Waals surface area (Å²) in [5.74, 6) is -1.85. The number of piperidine rings is 1. The third kappa shape index (κ3) is 8.81. The van der Waals surface area contributed by atoms with Gasteiger partial charge in [0.15, 0.2) is 5.82 Å². The van der Waals surface area contributed by atoms with Crippen molar-refractivity contribution in [1.82, 2.24) is 14.3 Å². The normalized spacial score (nSPS) is 15.2. The molecule has 0 radical (unpaired) electrons. The number of furan rings is 1. The van der Waals surface area contributed by atoms with Crippen LogP contribution in [0.3, 0.4) is 0 Å². The third-order valence-electron chi connectivity index (χ3n) is 7.63. The van der Waals surface area contributed by atoms with Gasteiger partial charge in [0.2, 0.25) is 16.9 Å². The summed E-state index contributed by atoms with van der Waals surface area (Å²) >= 11 is 6.37. The number of alkyl halides is 3. The van der Waals surface area contributed by atoms with Gasteiger partial charge in [0.25, 0.3) is 10.0 Å². The minimum atomic E-state index is -5.08. The molecule has 4 aromatic rings. The predicted molar refractivity (Wildman–Crippen MR) is 171 cm³/mol. The fourth-order valence-corrected chi connectivity index (χ4v) is 6.73. The highest BCUT2D eigenvalue weighted by atomic mass is 35.5. The standard InChI is InChI=1S/C29H29ClN6O4S.C2HF3O2/c30-24-18-31-29-33-22-4-1-3-19(15-22)6-7-21-17-23(32-28(24)35-29)8-9-25(21)34-26(37)16-20-10-12-36(13-11-20)41(38,39)27-5-2-14-40-27;3-2(4,5)1(6)7/h1-5,8-9,14-15,17-18,20H,6-7,10-13,16H2,(H,34,37)(H2,31,32,33,35);(H,6,7). The second-order valence-corrected chi connectivity index (χ2v) is 13.3. The fourth-order valence-electron chi connectivity index (χ4n) is 5.22. The van der Waals surface area contributed by atoms with Gasteiger partial charge in [-0.25, -0.2) is 18.2 Å². The quantitative estimate of drug-likeness (QED) is 0.183. The highest BCUT2D eigenvalue weighted by Crippen LogP contribution is 2.31. The molecule has 48 heavy (non-hydrogen) atoms. The molecule has 0 unspecified atom stereocenters. The van der Waals surface area contributed by atoms with Crippen LogP contribution in [0.4, 0.5) is 42.0 Å². The van der Waals surface area contributed by atoms with Crippen molar-refractivity contribution in [2.24, 2.45) is 5.92 Å². The summed E-state index contributed by atoms with van der Waals surface area (Å²) < 4.78 is 63.7. The van der Waals surface area contributed by atoms with E-state index in [9.17, 15) is 26.4 Å². The topological polar surface area (TPSA) is 167 Å². The number of rotatable bonds is 5. The summed E-state index contributed by atoms with van der Waals surface area (Å²) in [5.41, 5.74) is 4.52. The second kappa shape index (κ2) is 14.6. The zero-order valence-electron chi connectivity index (χ0n) is 25.1. The number of carboxylic acids is 1. The number of anilines is 5. The zero-order valence-corrected chi connectivity index (χ0v) is 26.7. The molecule has 4 heterocycles. The number of amides is 1. The van der Waals surface area contributed by atoms with E-state index in [2.05, 4.69) is 38.1 Å². The lowest BCUT2D eigenvalue weighted by Gasteiger charge is -2.30. The fraction of sp³-hybridized carbons (Fsp3) is 0.290. The molecule has 0 saturated carbocycles. The summed E-state index contributed by atoms with van der Waals surface area (Å²) in [6, 6.07) is 16.8. The van der Waals surface area contributed by atoms with E-state index in [1.54, 1.807) is 12.3 Å². The van der Waals surface area contributed by atoms with Gasteiger partial charge in [-0.1, -0.05) is 23.7 Å². The van der Waals surface area contributed by atoms with Crippen LogP contribution in [0.5, 0.6) is 0 Å². The summed E-state index contributed by atoms with van der Waals surface area (Å²) in [5, 5.41) is 17.1. The number of sulfonamides is 1. The zero-order chi connectivity index (χ0) is 34.5. The van der Waals surface area contributed by atoms with Crippen molar-refractivity contribution in [3.8, 4) is 0 Å². The Morgan fingerprint density at radius 2 is 1.77 bits per heavy atom. The Balaban J connectivity index is 0.000000582. The monoisotopic (exact) mass is 706 g/mol. The number of nitrogens with zero attached hydrogens (tertiary/aromatic N) is 3. The van der Waals surface area contributed by atoms with Crippen molar-refractivity contribution in [1.29, 1.82) is 0 Å². The first-order valence-corrected chi connectivity index (χ1v) is 16.5. The largest absolute Gasteiger partial charge is 0.490 e. The third-order valence-corrected chi connectivity index (χ3v) is 9.69. The Labute approximate surface area is 278 Å². The number of hydrogen-bond acceptors (Lipinski definition) is 9. The Bertz CT molecular complexity index is 1880. The molecule has 0 atom stereocenters. The molecular formula is C31H30ClF3N6O6S. The average molecular weight is 707 g/mol. The van der Waals surface area contributed by atoms with Gasteiger partial charge in [-0.15, -0.1) is 0 Å². The number of fused-ring (bicyclic) bond motifs is 6. The molecule has 6 rings (SSSR count). The molecule has 2 aromatic carbocycles. The average Bonchev–Trinajstić information content (AvgIpc) is 3.59. The van der Waals surface area contributed by atoms with E-state index in [0.717, 1.165) is 34.6 Å². The first kappa shape index (κ1) is 34.7. The smallest absolute Gasteiger partial charge is 0.475 e. The lowest BCUT2D eigenvalue weighted by atomic mass is 9.94. The number of aromatic nitrogens is 2. The van der Waals surface area contributed by atoms with Gasteiger partial charge in [-0.2, -0.15) is 22.5 Å². The number of benzene rings is 2. The Morgan fingerprint density at radius 1 is 1.04 bits per heavy atom. The Hall–Kier alpha value is -4.67. The molecule has 2 aliphatic heterocycles. The highest BCUT2D eigenvalue weighted by molar-refractivity contribution is 7.89. The van der Waals surface area contributed by atoms with E-state index in [1.165, 1.54) is 16.6 Å². The van der Waals surface area contributed by atoms with Crippen LogP contribution in [0.15, 0.2) is 76.6 Å². The number of carbonyl (C=O) groups is 2. The molecular weight excluding hydrogens is 677 g/mol. The lowest BCUT2D eigenvalue weighted by molar-refractivity contribution is -0.192. The number of carboxylic acid groups (broad SMARTS) is 1. The maximum absolute atomic E-state index is 13.1. The first-order chi connectivity index (χ1) is 22.8. The molecule has 1 amide bonds. The van der Waals surface area contributed by atoms with Gasteiger partial charge in [0, 0.05) is 36.6 Å². The van der Waals surface area contributed by atoms with Crippen LogP contribution in [0.25, 0.3) is 0 Å². The summed E-state index contributed by atoms with van der Waals surface area (Å²) in [7, 11) is -3.64. The van der Waals surface area contributed by atoms with Gasteiger partial charge >= 0.3 is 12.1 Å². The summed E-state index contributed by atoms with van der Waals surface area (Å²) in [4.78, 5) is 30.8. The van der Waals surface area contributed by atoms with Crippen LogP contribution >= 0.6 is 11.6 Å². The molecule has 1 fully saturated rings. The van der Waals surface area contributed by atoms with Gasteiger partial charge in [0.1, 0.15) is 5.02 Å². The van der Waals surface area contributed by atoms with Crippen molar-refractivity contribution in [2.45, 2.75) is 43.4 Å². The molecule has 17 heteroatoms. The van der Waals surface area contributed by atoms with Crippen molar-refractivity contribution in [3.63, 3.8) is 0 Å². The molecule has 1 saturated heterocycles. The Kier molecular flexibility index (Phi) is 10.6. The maximum Gasteiger partial charge on any atom is 0.490 e. The predicted octanol–water partition coefficient (Wildman–Crippen LogP) is 6.37.